The first-order chi connectivity index (χ1) is 11.2. The standard InChI is InChI=1S/C17H26N2O5/c1-17(2,3)24-16(22)19-13(10-12-8-6-5-7-9-12)14(20)15(21)18-11-23-4/h5-9,13-14,20H,10-11H2,1-4H3,(H,18,21)(H,19,22)/t13-,14+/m0/s1. The monoisotopic (exact) mass is 338 g/mol. The molecule has 2 amide bonds. The van der Waals surface area contributed by atoms with Gasteiger partial charge in [-0.1, -0.05) is 30.3 Å². The van der Waals surface area contributed by atoms with E-state index in [4.69, 9.17) is 9.47 Å². The minimum absolute atomic E-state index is 0.0274. The molecule has 0 aromatic heterocycles. The number of alkyl carbamates (subject to hydrolysis) is 1. The van der Waals surface area contributed by atoms with Gasteiger partial charge >= 0.3 is 6.09 Å². The summed E-state index contributed by atoms with van der Waals surface area (Å²) in [6.45, 7) is 5.18. The highest BCUT2D eigenvalue weighted by Crippen LogP contribution is 2.10. The molecule has 134 valence electrons. The third-order valence-electron chi connectivity index (χ3n) is 3.04. The number of hydrogen-bond donors (Lipinski definition) is 3. The maximum atomic E-state index is 12.0. The molecule has 0 aliphatic carbocycles. The maximum Gasteiger partial charge on any atom is 0.407 e. The fourth-order valence-corrected chi connectivity index (χ4v) is 2.00. The summed E-state index contributed by atoms with van der Waals surface area (Å²) in [5.74, 6) is -0.631. The number of hydrogen-bond acceptors (Lipinski definition) is 5. The number of aliphatic hydroxyl groups is 1. The van der Waals surface area contributed by atoms with Gasteiger partial charge in [0.1, 0.15) is 12.3 Å². The summed E-state index contributed by atoms with van der Waals surface area (Å²) in [6, 6.07) is 8.42. The van der Waals surface area contributed by atoms with Gasteiger partial charge in [-0.2, -0.15) is 0 Å². The number of aliphatic hydroxyl groups excluding tert-OH is 1. The lowest BCUT2D eigenvalue weighted by Crippen LogP contribution is -2.52. The van der Waals surface area contributed by atoms with E-state index in [1.54, 1.807) is 20.8 Å². The quantitative estimate of drug-likeness (QED) is 0.649. The average molecular weight is 338 g/mol. The third-order valence-corrected chi connectivity index (χ3v) is 3.04. The molecule has 1 rings (SSSR count). The number of rotatable bonds is 7. The largest absolute Gasteiger partial charge is 0.444 e. The first-order valence-electron chi connectivity index (χ1n) is 7.71. The number of carbonyl (C=O) groups excluding carboxylic acids is 2. The fourth-order valence-electron chi connectivity index (χ4n) is 2.00. The zero-order valence-electron chi connectivity index (χ0n) is 14.5. The Hall–Kier alpha value is -2.12. The van der Waals surface area contributed by atoms with Crippen molar-refractivity contribution in [2.24, 2.45) is 0 Å². The number of amides is 2. The number of ether oxygens (including phenoxy) is 2. The van der Waals surface area contributed by atoms with Crippen LogP contribution < -0.4 is 10.6 Å². The summed E-state index contributed by atoms with van der Waals surface area (Å²) >= 11 is 0. The highest BCUT2D eigenvalue weighted by atomic mass is 16.6. The van der Waals surface area contributed by atoms with E-state index in [1.807, 2.05) is 30.3 Å². The van der Waals surface area contributed by atoms with E-state index in [-0.39, 0.29) is 13.2 Å². The van der Waals surface area contributed by atoms with Crippen LogP contribution in [0.2, 0.25) is 0 Å². The van der Waals surface area contributed by atoms with Gasteiger partial charge in [-0.3, -0.25) is 4.79 Å². The van der Waals surface area contributed by atoms with Gasteiger partial charge in [0.15, 0.2) is 6.10 Å². The summed E-state index contributed by atoms with van der Waals surface area (Å²) in [5.41, 5.74) is 0.196. The van der Waals surface area contributed by atoms with Crippen LogP contribution in [0.25, 0.3) is 0 Å². The third kappa shape index (κ3) is 7.43. The van der Waals surface area contributed by atoms with Crippen LogP contribution in [0.3, 0.4) is 0 Å². The van der Waals surface area contributed by atoms with Crippen molar-refractivity contribution < 1.29 is 24.2 Å². The van der Waals surface area contributed by atoms with Gasteiger partial charge in [-0.25, -0.2) is 4.79 Å². The van der Waals surface area contributed by atoms with Crippen molar-refractivity contribution in [1.82, 2.24) is 10.6 Å². The van der Waals surface area contributed by atoms with Gasteiger partial charge in [0.25, 0.3) is 5.91 Å². The number of benzene rings is 1. The van der Waals surface area contributed by atoms with E-state index in [9.17, 15) is 14.7 Å². The van der Waals surface area contributed by atoms with Crippen molar-refractivity contribution in [3.8, 4) is 0 Å². The van der Waals surface area contributed by atoms with E-state index in [2.05, 4.69) is 10.6 Å². The topological polar surface area (TPSA) is 96.9 Å². The zero-order valence-corrected chi connectivity index (χ0v) is 14.5. The lowest BCUT2D eigenvalue weighted by molar-refractivity contribution is -0.132. The normalized spacial score (nSPS) is 13.7. The summed E-state index contributed by atoms with van der Waals surface area (Å²) in [4.78, 5) is 24.0. The second-order valence-electron chi connectivity index (χ2n) is 6.36. The molecule has 7 nitrogen and oxygen atoms in total. The molecule has 3 N–H and O–H groups in total. The Kier molecular flexibility index (Phi) is 7.67. The summed E-state index contributed by atoms with van der Waals surface area (Å²) in [5, 5.41) is 15.3. The molecule has 0 aliphatic heterocycles. The molecular formula is C17H26N2O5. The summed E-state index contributed by atoms with van der Waals surface area (Å²) in [6.07, 6.45) is -1.85. The van der Waals surface area contributed by atoms with Crippen molar-refractivity contribution in [3.63, 3.8) is 0 Å². The van der Waals surface area contributed by atoms with Gasteiger partial charge in [0.2, 0.25) is 0 Å². The van der Waals surface area contributed by atoms with Gasteiger partial charge in [0, 0.05) is 7.11 Å². The first kappa shape index (κ1) is 19.9. The maximum absolute atomic E-state index is 12.0. The van der Waals surface area contributed by atoms with Crippen LogP contribution in [0.4, 0.5) is 4.79 Å². The summed E-state index contributed by atoms with van der Waals surface area (Å²) in [7, 11) is 1.42. The minimum Gasteiger partial charge on any atom is -0.444 e. The number of nitrogens with one attached hydrogen (secondary N) is 2. The van der Waals surface area contributed by atoms with Gasteiger partial charge < -0.3 is 25.2 Å². The molecule has 1 aromatic carbocycles. The van der Waals surface area contributed by atoms with Crippen molar-refractivity contribution >= 4 is 12.0 Å². The Balaban J connectivity index is 2.82. The molecule has 0 heterocycles. The molecule has 1 aromatic rings. The van der Waals surface area contributed by atoms with Crippen molar-refractivity contribution in [3.05, 3.63) is 35.9 Å². The second-order valence-corrected chi connectivity index (χ2v) is 6.36. The molecule has 24 heavy (non-hydrogen) atoms. The van der Waals surface area contributed by atoms with Crippen molar-refractivity contribution in [2.75, 3.05) is 13.8 Å². The Labute approximate surface area is 142 Å². The Bertz CT molecular complexity index is 528. The predicted molar refractivity (Wildman–Crippen MR) is 89.3 cm³/mol. The molecule has 0 bridgehead atoms. The Morgan fingerprint density at radius 2 is 1.83 bits per heavy atom. The van der Waals surface area contributed by atoms with Crippen molar-refractivity contribution in [2.45, 2.75) is 44.9 Å². The van der Waals surface area contributed by atoms with E-state index in [1.165, 1.54) is 7.11 Å². The van der Waals surface area contributed by atoms with Gasteiger partial charge in [-0.15, -0.1) is 0 Å². The van der Waals surface area contributed by atoms with E-state index in [0.29, 0.717) is 0 Å². The van der Waals surface area contributed by atoms with Gasteiger partial charge in [-0.05, 0) is 32.8 Å². The molecule has 0 fully saturated rings. The molecule has 7 heteroatoms. The van der Waals surface area contributed by atoms with Crippen molar-refractivity contribution in [1.29, 1.82) is 0 Å². The molecule has 0 spiro atoms. The number of methoxy groups -OCH3 is 1. The van der Waals surface area contributed by atoms with E-state index in [0.717, 1.165) is 5.56 Å². The van der Waals surface area contributed by atoms with Crippen LogP contribution in [0.1, 0.15) is 26.3 Å². The highest BCUT2D eigenvalue weighted by molar-refractivity contribution is 5.82. The predicted octanol–water partition coefficient (Wildman–Crippen LogP) is 1.20. The molecular weight excluding hydrogens is 312 g/mol. The highest BCUT2D eigenvalue weighted by Gasteiger charge is 2.29. The lowest BCUT2D eigenvalue weighted by atomic mass is 10.0. The zero-order chi connectivity index (χ0) is 18.2. The number of carbonyl (C=O) groups is 2. The van der Waals surface area contributed by atoms with Crippen LogP contribution >= 0.6 is 0 Å². The van der Waals surface area contributed by atoms with Crippen LogP contribution in [0, 0.1) is 0 Å². The molecule has 0 saturated heterocycles. The minimum atomic E-state index is -1.44. The second kappa shape index (κ2) is 9.24. The van der Waals surface area contributed by atoms with Crippen LogP contribution in [-0.4, -0.2) is 48.7 Å². The Morgan fingerprint density at radius 3 is 2.38 bits per heavy atom. The smallest absolute Gasteiger partial charge is 0.407 e. The molecule has 0 aliphatic rings. The average Bonchev–Trinajstić information content (AvgIpc) is 2.50. The molecule has 0 saturated carbocycles. The van der Waals surface area contributed by atoms with Crippen LogP contribution in [0.5, 0.6) is 0 Å². The fraction of sp³-hybridized carbons (Fsp3) is 0.529. The SMILES string of the molecule is COCNC(=O)[C@H](O)[C@H](Cc1ccccc1)NC(=O)OC(C)(C)C. The van der Waals surface area contributed by atoms with E-state index < -0.39 is 29.7 Å². The molecule has 0 unspecified atom stereocenters. The lowest BCUT2D eigenvalue weighted by Gasteiger charge is -2.26. The summed E-state index contributed by atoms with van der Waals surface area (Å²) < 4.78 is 9.95. The molecule has 0 radical (unpaired) electrons. The van der Waals surface area contributed by atoms with Crippen LogP contribution in [0.15, 0.2) is 30.3 Å². The first-order valence-corrected chi connectivity index (χ1v) is 7.71. The molecule has 2 atom stereocenters. The van der Waals surface area contributed by atoms with Crippen LogP contribution in [-0.2, 0) is 20.7 Å². The van der Waals surface area contributed by atoms with E-state index >= 15 is 0 Å². The Morgan fingerprint density at radius 1 is 1.21 bits per heavy atom. The van der Waals surface area contributed by atoms with Gasteiger partial charge in [0.05, 0.1) is 6.04 Å².